The quantitative estimate of drug-likeness (QED) is 0.803. The van der Waals surface area contributed by atoms with Crippen LogP contribution in [0.25, 0.3) is 0 Å². The molecule has 0 saturated heterocycles. The number of carbonyl (C=O) groups is 2. The van der Waals surface area contributed by atoms with Crippen molar-refractivity contribution in [3.63, 3.8) is 0 Å². The summed E-state index contributed by atoms with van der Waals surface area (Å²) in [6.07, 6.45) is 1.98. The Balaban J connectivity index is 2.64. The van der Waals surface area contributed by atoms with Crippen molar-refractivity contribution < 1.29 is 14.7 Å². The van der Waals surface area contributed by atoms with Crippen LogP contribution in [0.2, 0.25) is 0 Å². The van der Waals surface area contributed by atoms with E-state index in [0.29, 0.717) is 11.6 Å². The number of carbonyl (C=O) groups excluding carboxylic acids is 1. The first-order valence-corrected chi connectivity index (χ1v) is 7.09. The molecule has 0 fully saturated rings. The van der Waals surface area contributed by atoms with Crippen molar-refractivity contribution in [3.8, 4) is 0 Å². The molecule has 0 aliphatic heterocycles. The van der Waals surface area contributed by atoms with E-state index in [1.165, 1.54) is 0 Å². The van der Waals surface area contributed by atoms with Crippen LogP contribution in [0.4, 0.5) is 5.69 Å². The summed E-state index contributed by atoms with van der Waals surface area (Å²) in [5.41, 5.74) is 1.44. The third-order valence-corrected chi connectivity index (χ3v) is 3.75. The molecular formula is C16H23NO3. The van der Waals surface area contributed by atoms with Gasteiger partial charge < -0.3 is 10.4 Å². The van der Waals surface area contributed by atoms with Crippen LogP contribution in [-0.4, -0.2) is 17.0 Å². The van der Waals surface area contributed by atoms with Gasteiger partial charge in [0.15, 0.2) is 0 Å². The molecular weight excluding hydrogens is 254 g/mol. The molecule has 0 aliphatic carbocycles. The van der Waals surface area contributed by atoms with Gasteiger partial charge in [-0.15, -0.1) is 0 Å². The number of carboxylic acids is 1. The summed E-state index contributed by atoms with van der Waals surface area (Å²) in [4.78, 5) is 22.7. The Morgan fingerprint density at radius 3 is 2.15 bits per heavy atom. The molecule has 0 aliphatic rings. The molecule has 1 aromatic carbocycles. The average Bonchev–Trinajstić information content (AvgIpc) is 2.41. The Hall–Kier alpha value is -1.84. The summed E-state index contributed by atoms with van der Waals surface area (Å²) in [5, 5.41) is 11.6. The summed E-state index contributed by atoms with van der Waals surface area (Å²) in [5.74, 6) is -0.473. The summed E-state index contributed by atoms with van der Waals surface area (Å²) >= 11 is 0. The van der Waals surface area contributed by atoms with Crippen molar-refractivity contribution in [2.24, 2.45) is 11.8 Å². The second kappa shape index (κ2) is 7.68. The first-order valence-electron chi connectivity index (χ1n) is 7.09. The molecule has 20 heavy (non-hydrogen) atoms. The number of aliphatic carboxylic acids is 1. The molecule has 2 N–H and O–H groups in total. The fourth-order valence-electron chi connectivity index (χ4n) is 2.35. The van der Waals surface area contributed by atoms with Crippen molar-refractivity contribution in [1.29, 1.82) is 0 Å². The van der Waals surface area contributed by atoms with Gasteiger partial charge in [-0.2, -0.15) is 0 Å². The second-order valence-electron chi connectivity index (χ2n) is 5.12. The highest BCUT2D eigenvalue weighted by molar-refractivity contribution is 5.92. The fraction of sp³-hybridized carbons (Fsp3) is 0.500. The molecule has 1 unspecified atom stereocenters. The third kappa shape index (κ3) is 4.68. The van der Waals surface area contributed by atoms with E-state index in [1.807, 2.05) is 6.92 Å². The van der Waals surface area contributed by atoms with Crippen molar-refractivity contribution in [2.45, 2.75) is 40.0 Å². The largest absolute Gasteiger partial charge is 0.481 e. The maximum atomic E-state index is 12.1. The van der Waals surface area contributed by atoms with Crippen molar-refractivity contribution >= 4 is 17.6 Å². The lowest BCUT2D eigenvalue weighted by Gasteiger charge is -2.20. The van der Waals surface area contributed by atoms with E-state index in [2.05, 4.69) is 19.2 Å². The monoisotopic (exact) mass is 277 g/mol. The van der Waals surface area contributed by atoms with Gasteiger partial charge in [0, 0.05) is 11.6 Å². The highest BCUT2D eigenvalue weighted by Crippen LogP contribution is 2.21. The number of hydrogen-bond donors (Lipinski definition) is 2. The number of carboxylic acid groups (broad SMARTS) is 1. The normalized spacial score (nSPS) is 12.2. The van der Waals surface area contributed by atoms with Crippen molar-refractivity contribution in [1.82, 2.24) is 0 Å². The minimum atomic E-state index is -0.857. The van der Waals surface area contributed by atoms with E-state index >= 15 is 0 Å². The van der Waals surface area contributed by atoms with Gasteiger partial charge in [0.05, 0.1) is 6.42 Å². The summed E-state index contributed by atoms with van der Waals surface area (Å²) in [7, 11) is 0. The van der Waals surface area contributed by atoms with Crippen LogP contribution in [0.3, 0.4) is 0 Å². The van der Waals surface area contributed by atoms with Crippen LogP contribution >= 0.6 is 0 Å². The number of anilines is 1. The molecule has 0 saturated carbocycles. The Morgan fingerprint density at radius 1 is 1.15 bits per heavy atom. The zero-order valence-electron chi connectivity index (χ0n) is 12.3. The second-order valence-corrected chi connectivity index (χ2v) is 5.12. The minimum absolute atomic E-state index is 0.00161. The molecule has 0 spiro atoms. The lowest BCUT2D eigenvalue weighted by molar-refractivity contribution is -0.136. The van der Waals surface area contributed by atoms with Gasteiger partial charge in [-0.3, -0.25) is 9.59 Å². The van der Waals surface area contributed by atoms with E-state index in [9.17, 15) is 9.59 Å². The molecule has 110 valence electrons. The Kier molecular flexibility index (Phi) is 6.22. The predicted molar refractivity (Wildman–Crippen MR) is 79.6 cm³/mol. The van der Waals surface area contributed by atoms with Gasteiger partial charge in [-0.05, 0) is 23.6 Å². The summed E-state index contributed by atoms with van der Waals surface area (Å²) in [6, 6.07) is 6.95. The third-order valence-electron chi connectivity index (χ3n) is 3.75. The molecule has 0 aromatic heterocycles. The smallest absolute Gasteiger partial charge is 0.307 e. The first kappa shape index (κ1) is 16.2. The van der Waals surface area contributed by atoms with Crippen molar-refractivity contribution in [3.05, 3.63) is 29.8 Å². The fourth-order valence-corrected chi connectivity index (χ4v) is 2.35. The SMILES string of the molecule is CCC(CC)C(C)C(=O)Nc1ccc(CC(=O)O)cc1. The van der Waals surface area contributed by atoms with Gasteiger partial charge in [0.1, 0.15) is 0 Å². The first-order chi connectivity index (χ1) is 9.47. The molecule has 1 aromatic rings. The van der Waals surface area contributed by atoms with Crippen LogP contribution in [0.5, 0.6) is 0 Å². The number of amides is 1. The topological polar surface area (TPSA) is 66.4 Å². The standard InChI is InChI=1S/C16H23NO3/c1-4-13(5-2)11(3)16(20)17-14-8-6-12(7-9-14)10-15(18)19/h6-9,11,13H,4-5,10H2,1-3H3,(H,17,20)(H,18,19). The Bertz CT molecular complexity index is 449. The molecule has 4 nitrogen and oxygen atoms in total. The molecule has 0 radical (unpaired) electrons. The minimum Gasteiger partial charge on any atom is -0.481 e. The van der Waals surface area contributed by atoms with Gasteiger partial charge in [-0.25, -0.2) is 0 Å². The number of rotatable bonds is 7. The summed E-state index contributed by atoms with van der Waals surface area (Å²) in [6.45, 7) is 6.14. The van der Waals surface area contributed by atoms with Crippen LogP contribution in [-0.2, 0) is 16.0 Å². The van der Waals surface area contributed by atoms with Crippen molar-refractivity contribution in [2.75, 3.05) is 5.32 Å². The summed E-state index contributed by atoms with van der Waals surface area (Å²) < 4.78 is 0. The number of benzene rings is 1. The highest BCUT2D eigenvalue weighted by Gasteiger charge is 2.21. The lowest BCUT2D eigenvalue weighted by atomic mass is 9.88. The Morgan fingerprint density at radius 2 is 1.70 bits per heavy atom. The van der Waals surface area contributed by atoms with Gasteiger partial charge in [-0.1, -0.05) is 45.7 Å². The molecule has 0 heterocycles. The van der Waals surface area contributed by atoms with Gasteiger partial charge >= 0.3 is 5.97 Å². The molecule has 1 atom stereocenters. The van der Waals surface area contributed by atoms with E-state index < -0.39 is 5.97 Å². The Labute approximate surface area is 120 Å². The lowest BCUT2D eigenvalue weighted by Crippen LogP contribution is -2.26. The average molecular weight is 277 g/mol. The molecule has 0 bridgehead atoms. The van der Waals surface area contributed by atoms with Crippen LogP contribution in [0.1, 0.15) is 39.2 Å². The van der Waals surface area contributed by atoms with Gasteiger partial charge in [0.25, 0.3) is 0 Å². The number of nitrogens with one attached hydrogen (secondary N) is 1. The zero-order chi connectivity index (χ0) is 15.1. The van der Waals surface area contributed by atoms with Crippen LogP contribution in [0.15, 0.2) is 24.3 Å². The van der Waals surface area contributed by atoms with E-state index in [-0.39, 0.29) is 18.2 Å². The predicted octanol–water partition coefficient (Wildman–Crippen LogP) is 3.32. The maximum Gasteiger partial charge on any atom is 0.307 e. The maximum absolute atomic E-state index is 12.1. The van der Waals surface area contributed by atoms with Crippen LogP contribution in [0, 0.1) is 11.8 Å². The molecule has 4 heteroatoms. The molecule has 1 amide bonds. The van der Waals surface area contributed by atoms with E-state index in [4.69, 9.17) is 5.11 Å². The van der Waals surface area contributed by atoms with E-state index in [0.717, 1.165) is 18.4 Å². The van der Waals surface area contributed by atoms with E-state index in [1.54, 1.807) is 24.3 Å². The number of hydrogen-bond acceptors (Lipinski definition) is 2. The van der Waals surface area contributed by atoms with Gasteiger partial charge in [0.2, 0.25) is 5.91 Å². The van der Waals surface area contributed by atoms with Crippen LogP contribution < -0.4 is 5.32 Å². The molecule has 1 rings (SSSR count). The highest BCUT2D eigenvalue weighted by atomic mass is 16.4. The zero-order valence-corrected chi connectivity index (χ0v) is 12.3.